The summed E-state index contributed by atoms with van der Waals surface area (Å²) in [5, 5.41) is 0. The average molecular weight is 285 g/mol. The fourth-order valence-electron chi connectivity index (χ4n) is 2.76. The lowest BCUT2D eigenvalue weighted by atomic mass is 9.97. The molecule has 0 bridgehead atoms. The van der Waals surface area contributed by atoms with Crippen LogP contribution in [0.3, 0.4) is 0 Å². The molecule has 5 heteroatoms. The number of rotatable bonds is 2. The van der Waals surface area contributed by atoms with Crippen molar-refractivity contribution in [1.82, 2.24) is 0 Å². The first-order valence-corrected chi connectivity index (χ1v) is 6.77. The molecule has 108 valence electrons. The van der Waals surface area contributed by atoms with Gasteiger partial charge in [0.15, 0.2) is 0 Å². The lowest BCUT2D eigenvalue weighted by Gasteiger charge is -2.31. The van der Waals surface area contributed by atoms with Crippen molar-refractivity contribution in [1.29, 1.82) is 0 Å². The van der Waals surface area contributed by atoms with Crippen molar-refractivity contribution in [3.05, 3.63) is 58.9 Å². The molecule has 0 saturated heterocycles. The molecule has 2 aromatic carbocycles. The van der Waals surface area contributed by atoms with Crippen LogP contribution in [0.15, 0.2) is 36.4 Å². The topological polar surface area (TPSA) is 72.4 Å². The molecule has 2 aromatic rings. The van der Waals surface area contributed by atoms with Crippen molar-refractivity contribution < 1.29 is 9.18 Å². The van der Waals surface area contributed by atoms with E-state index in [0.717, 1.165) is 23.2 Å². The Bertz CT molecular complexity index is 715. The number of carbonyl (C=O) groups is 1. The molecule has 1 aliphatic rings. The Kier molecular flexibility index (Phi) is 3.25. The molecule has 0 radical (unpaired) electrons. The molecule has 4 nitrogen and oxygen atoms in total. The van der Waals surface area contributed by atoms with Gasteiger partial charge in [-0.2, -0.15) is 0 Å². The second-order valence-electron chi connectivity index (χ2n) is 5.19. The fourth-order valence-corrected chi connectivity index (χ4v) is 2.76. The van der Waals surface area contributed by atoms with Crippen LogP contribution in [-0.2, 0) is 13.0 Å². The van der Waals surface area contributed by atoms with Crippen LogP contribution >= 0.6 is 0 Å². The Morgan fingerprint density at radius 2 is 2.05 bits per heavy atom. The molecule has 3 rings (SSSR count). The molecule has 1 amide bonds. The molecule has 0 atom stereocenters. The van der Waals surface area contributed by atoms with Crippen LogP contribution in [0.1, 0.15) is 21.5 Å². The van der Waals surface area contributed by atoms with Crippen LogP contribution in [0.4, 0.5) is 15.8 Å². The van der Waals surface area contributed by atoms with Gasteiger partial charge in [0, 0.05) is 24.3 Å². The average Bonchev–Trinajstić information content (AvgIpc) is 2.47. The third-order valence-electron chi connectivity index (χ3n) is 3.88. The predicted octanol–water partition coefficient (Wildman–Crippen LogP) is 2.07. The quantitative estimate of drug-likeness (QED) is 0.830. The van der Waals surface area contributed by atoms with Crippen LogP contribution in [0.5, 0.6) is 0 Å². The van der Waals surface area contributed by atoms with Crippen molar-refractivity contribution in [2.45, 2.75) is 13.0 Å². The van der Waals surface area contributed by atoms with Gasteiger partial charge in [-0.1, -0.05) is 12.1 Å². The minimum absolute atomic E-state index is 0.179. The molecule has 1 heterocycles. The van der Waals surface area contributed by atoms with Gasteiger partial charge in [0.05, 0.1) is 5.69 Å². The van der Waals surface area contributed by atoms with Crippen molar-refractivity contribution in [3.63, 3.8) is 0 Å². The maximum Gasteiger partial charge on any atom is 0.248 e. The largest absolute Gasteiger partial charge is 0.398 e. The standard InChI is InChI=1S/C16H16FN3O/c17-13-8-10(16(19)21)4-5-15(13)20-7-6-12-11(9-20)2-1-3-14(12)18/h1-5,8H,6-7,9,18H2,(H2,19,21). The van der Waals surface area contributed by atoms with E-state index in [9.17, 15) is 9.18 Å². The highest BCUT2D eigenvalue weighted by molar-refractivity contribution is 5.93. The normalized spacial score (nSPS) is 13.9. The zero-order chi connectivity index (χ0) is 15.0. The molecular weight excluding hydrogens is 269 g/mol. The molecule has 4 N–H and O–H groups in total. The smallest absolute Gasteiger partial charge is 0.248 e. The highest BCUT2D eigenvalue weighted by Crippen LogP contribution is 2.29. The predicted molar refractivity (Wildman–Crippen MR) is 80.5 cm³/mol. The maximum absolute atomic E-state index is 14.2. The maximum atomic E-state index is 14.2. The number of anilines is 2. The van der Waals surface area contributed by atoms with E-state index in [4.69, 9.17) is 11.5 Å². The van der Waals surface area contributed by atoms with E-state index >= 15 is 0 Å². The summed E-state index contributed by atoms with van der Waals surface area (Å²) in [7, 11) is 0. The van der Waals surface area contributed by atoms with Crippen LogP contribution in [0.25, 0.3) is 0 Å². The molecule has 0 aliphatic carbocycles. The monoisotopic (exact) mass is 285 g/mol. The van der Waals surface area contributed by atoms with E-state index < -0.39 is 11.7 Å². The van der Waals surface area contributed by atoms with Crippen molar-refractivity contribution >= 4 is 17.3 Å². The zero-order valence-corrected chi connectivity index (χ0v) is 11.5. The summed E-state index contributed by atoms with van der Waals surface area (Å²) in [6, 6.07) is 10.1. The van der Waals surface area contributed by atoms with Gasteiger partial charge in [-0.15, -0.1) is 0 Å². The third-order valence-corrected chi connectivity index (χ3v) is 3.88. The van der Waals surface area contributed by atoms with Crippen LogP contribution in [0.2, 0.25) is 0 Å². The number of hydrogen-bond donors (Lipinski definition) is 2. The van der Waals surface area contributed by atoms with Crippen molar-refractivity contribution in [3.8, 4) is 0 Å². The number of carbonyl (C=O) groups excluding carboxylic acids is 1. The van der Waals surface area contributed by atoms with Crippen molar-refractivity contribution in [2.75, 3.05) is 17.2 Å². The number of halogens is 1. The number of nitrogen functional groups attached to an aromatic ring is 1. The fraction of sp³-hybridized carbons (Fsp3) is 0.188. The first-order valence-electron chi connectivity index (χ1n) is 6.77. The summed E-state index contributed by atoms with van der Waals surface area (Å²) >= 11 is 0. The summed E-state index contributed by atoms with van der Waals surface area (Å²) in [6.07, 6.45) is 0.777. The molecule has 0 saturated carbocycles. The van der Waals surface area contributed by atoms with Gasteiger partial charge in [0.2, 0.25) is 5.91 Å². The molecule has 0 fully saturated rings. The van der Waals surface area contributed by atoms with Crippen LogP contribution in [0, 0.1) is 5.82 Å². The lowest BCUT2D eigenvalue weighted by molar-refractivity contribution is 0.1000. The number of fused-ring (bicyclic) bond motifs is 1. The van der Waals surface area contributed by atoms with Gasteiger partial charge in [-0.25, -0.2) is 4.39 Å². The second kappa shape index (κ2) is 5.09. The van der Waals surface area contributed by atoms with Gasteiger partial charge in [-0.3, -0.25) is 4.79 Å². The first kappa shape index (κ1) is 13.4. The van der Waals surface area contributed by atoms with E-state index in [2.05, 4.69) is 0 Å². The third kappa shape index (κ3) is 2.42. The van der Waals surface area contributed by atoms with E-state index in [0.29, 0.717) is 18.8 Å². The first-order chi connectivity index (χ1) is 10.1. The Balaban J connectivity index is 1.91. The van der Waals surface area contributed by atoms with E-state index in [1.165, 1.54) is 6.07 Å². The summed E-state index contributed by atoms with van der Waals surface area (Å²) in [6.45, 7) is 1.29. The molecule has 0 aromatic heterocycles. The zero-order valence-electron chi connectivity index (χ0n) is 11.5. The number of nitrogens with zero attached hydrogens (tertiary/aromatic N) is 1. The Morgan fingerprint density at radius 3 is 2.76 bits per heavy atom. The Labute approximate surface area is 122 Å². The SMILES string of the molecule is NC(=O)c1ccc(N2CCc3c(N)cccc3C2)c(F)c1. The minimum atomic E-state index is -0.628. The molecule has 0 unspecified atom stereocenters. The summed E-state index contributed by atoms with van der Waals surface area (Å²) in [5.41, 5.74) is 14.8. The highest BCUT2D eigenvalue weighted by atomic mass is 19.1. The summed E-state index contributed by atoms with van der Waals surface area (Å²) in [4.78, 5) is 13.0. The Morgan fingerprint density at radius 1 is 1.24 bits per heavy atom. The number of benzene rings is 2. The number of hydrogen-bond acceptors (Lipinski definition) is 3. The van der Waals surface area contributed by atoms with E-state index in [-0.39, 0.29) is 5.56 Å². The van der Waals surface area contributed by atoms with Gasteiger partial charge in [-0.05, 0) is 41.8 Å². The van der Waals surface area contributed by atoms with Gasteiger partial charge >= 0.3 is 0 Å². The van der Waals surface area contributed by atoms with E-state index in [1.807, 2.05) is 23.1 Å². The van der Waals surface area contributed by atoms with Gasteiger partial charge in [0.1, 0.15) is 5.82 Å². The number of nitrogens with two attached hydrogens (primary N) is 2. The number of primary amides is 1. The second-order valence-corrected chi connectivity index (χ2v) is 5.19. The van der Waals surface area contributed by atoms with Crippen LogP contribution in [-0.4, -0.2) is 12.5 Å². The summed E-state index contributed by atoms with van der Waals surface area (Å²) < 4.78 is 14.2. The minimum Gasteiger partial charge on any atom is -0.398 e. The van der Waals surface area contributed by atoms with Crippen molar-refractivity contribution in [2.24, 2.45) is 5.73 Å². The lowest BCUT2D eigenvalue weighted by Crippen LogP contribution is -2.31. The van der Waals surface area contributed by atoms with E-state index in [1.54, 1.807) is 12.1 Å². The highest BCUT2D eigenvalue weighted by Gasteiger charge is 2.20. The van der Waals surface area contributed by atoms with Gasteiger partial charge < -0.3 is 16.4 Å². The molecular formula is C16H16FN3O. The molecule has 0 spiro atoms. The molecule has 21 heavy (non-hydrogen) atoms. The number of amides is 1. The summed E-state index contributed by atoms with van der Waals surface area (Å²) in [5.74, 6) is -1.06. The Hall–Kier alpha value is -2.56. The van der Waals surface area contributed by atoms with Gasteiger partial charge in [0.25, 0.3) is 0 Å². The molecule has 1 aliphatic heterocycles. The van der Waals surface area contributed by atoms with Crippen LogP contribution < -0.4 is 16.4 Å².